The van der Waals surface area contributed by atoms with Gasteiger partial charge in [0, 0.05) is 35.8 Å². The second-order valence-corrected chi connectivity index (χ2v) is 6.28. The Labute approximate surface area is 146 Å². The summed E-state index contributed by atoms with van der Waals surface area (Å²) >= 11 is 0. The van der Waals surface area contributed by atoms with E-state index < -0.39 is 0 Å². The van der Waals surface area contributed by atoms with Crippen LogP contribution in [0.4, 0.5) is 11.4 Å². The number of hydrogen-bond donors (Lipinski definition) is 1. The first kappa shape index (κ1) is 15.6. The predicted octanol–water partition coefficient (Wildman–Crippen LogP) is 3.85. The van der Waals surface area contributed by atoms with Crippen LogP contribution in [0.25, 0.3) is 11.0 Å². The molecule has 2 aromatic carbocycles. The lowest BCUT2D eigenvalue weighted by Crippen LogP contribution is -2.17. The standard InChI is InChI=1S/C20H20N2O3/c1-24-15-6-4-5-13(11-15)19(23)20-18(21)16-8-7-14(12-17(16)25-20)22-9-2-3-10-22/h4-8,11-12H,2-3,9-10,21H2,1H3. The van der Waals surface area contributed by atoms with E-state index in [9.17, 15) is 4.79 Å². The summed E-state index contributed by atoms with van der Waals surface area (Å²) in [6, 6.07) is 12.9. The Bertz CT molecular complexity index is 939. The highest BCUT2D eigenvalue weighted by atomic mass is 16.5. The van der Waals surface area contributed by atoms with Gasteiger partial charge in [0.25, 0.3) is 0 Å². The van der Waals surface area contributed by atoms with Crippen LogP contribution in [0.15, 0.2) is 46.9 Å². The molecule has 0 saturated carbocycles. The lowest BCUT2D eigenvalue weighted by Gasteiger charge is -2.16. The fourth-order valence-electron chi connectivity index (χ4n) is 3.34. The van der Waals surface area contributed by atoms with E-state index in [0.29, 0.717) is 22.6 Å². The highest BCUT2D eigenvalue weighted by Gasteiger charge is 2.21. The van der Waals surface area contributed by atoms with Crippen molar-refractivity contribution in [3.05, 3.63) is 53.8 Å². The van der Waals surface area contributed by atoms with Gasteiger partial charge < -0.3 is 19.8 Å². The third-order valence-electron chi connectivity index (χ3n) is 4.72. The van der Waals surface area contributed by atoms with Crippen LogP contribution < -0.4 is 15.4 Å². The number of rotatable bonds is 4. The zero-order valence-corrected chi connectivity index (χ0v) is 14.1. The molecule has 2 heterocycles. The van der Waals surface area contributed by atoms with Gasteiger partial charge in [-0.15, -0.1) is 0 Å². The number of fused-ring (bicyclic) bond motifs is 1. The van der Waals surface area contributed by atoms with E-state index in [-0.39, 0.29) is 11.5 Å². The number of ketones is 1. The SMILES string of the molecule is COc1cccc(C(=O)c2oc3cc(N4CCCC4)ccc3c2N)c1. The van der Waals surface area contributed by atoms with Crippen molar-refractivity contribution in [2.24, 2.45) is 0 Å². The summed E-state index contributed by atoms with van der Waals surface area (Å²) in [5.74, 6) is 0.564. The van der Waals surface area contributed by atoms with Crippen molar-refractivity contribution >= 4 is 28.1 Å². The Morgan fingerprint density at radius 1 is 1.16 bits per heavy atom. The Morgan fingerprint density at radius 3 is 2.72 bits per heavy atom. The number of methoxy groups -OCH3 is 1. The third-order valence-corrected chi connectivity index (χ3v) is 4.72. The molecular weight excluding hydrogens is 316 g/mol. The third kappa shape index (κ3) is 2.71. The highest BCUT2D eigenvalue weighted by Crippen LogP contribution is 2.33. The van der Waals surface area contributed by atoms with Gasteiger partial charge in [0.05, 0.1) is 12.8 Å². The fraction of sp³-hybridized carbons (Fsp3) is 0.250. The monoisotopic (exact) mass is 336 g/mol. The molecule has 1 fully saturated rings. The molecule has 0 amide bonds. The first-order valence-electron chi connectivity index (χ1n) is 8.43. The van der Waals surface area contributed by atoms with Crippen LogP contribution in [-0.2, 0) is 0 Å². The number of carbonyl (C=O) groups is 1. The second kappa shape index (κ2) is 6.16. The van der Waals surface area contributed by atoms with Crippen LogP contribution in [-0.4, -0.2) is 26.0 Å². The quantitative estimate of drug-likeness (QED) is 0.733. The van der Waals surface area contributed by atoms with E-state index >= 15 is 0 Å². The van der Waals surface area contributed by atoms with Crippen molar-refractivity contribution in [3.8, 4) is 5.75 Å². The zero-order valence-electron chi connectivity index (χ0n) is 14.1. The summed E-state index contributed by atoms with van der Waals surface area (Å²) in [5, 5.41) is 0.772. The number of furan rings is 1. The number of hydrogen-bond acceptors (Lipinski definition) is 5. The summed E-state index contributed by atoms with van der Waals surface area (Å²) in [6.07, 6.45) is 2.41. The second-order valence-electron chi connectivity index (χ2n) is 6.28. The lowest BCUT2D eigenvalue weighted by molar-refractivity contribution is 0.101. The van der Waals surface area contributed by atoms with Crippen LogP contribution >= 0.6 is 0 Å². The molecule has 2 N–H and O–H groups in total. The molecule has 4 rings (SSSR count). The molecule has 1 aromatic heterocycles. The molecule has 1 aliphatic heterocycles. The average molecular weight is 336 g/mol. The van der Waals surface area contributed by atoms with Gasteiger partial charge in [-0.3, -0.25) is 4.79 Å². The van der Waals surface area contributed by atoms with Gasteiger partial charge in [-0.05, 0) is 37.1 Å². The van der Waals surface area contributed by atoms with E-state index in [1.807, 2.05) is 18.2 Å². The molecule has 3 aromatic rings. The van der Waals surface area contributed by atoms with Crippen LogP contribution in [0.2, 0.25) is 0 Å². The minimum atomic E-state index is -0.240. The molecule has 0 bridgehead atoms. The number of benzene rings is 2. The van der Waals surface area contributed by atoms with Crippen molar-refractivity contribution < 1.29 is 13.9 Å². The molecule has 128 valence electrons. The van der Waals surface area contributed by atoms with Crippen molar-refractivity contribution in [1.29, 1.82) is 0 Å². The largest absolute Gasteiger partial charge is 0.497 e. The Kier molecular flexibility index (Phi) is 3.84. The van der Waals surface area contributed by atoms with Gasteiger partial charge in [0.1, 0.15) is 11.3 Å². The zero-order chi connectivity index (χ0) is 17.4. The molecule has 1 saturated heterocycles. The Hall–Kier alpha value is -2.95. The average Bonchev–Trinajstić information content (AvgIpc) is 3.29. The van der Waals surface area contributed by atoms with Crippen LogP contribution in [0.3, 0.4) is 0 Å². The van der Waals surface area contributed by atoms with Gasteiger partial charge in [-0.1, -0.05) is 12.1 Å². The molecular formula is C20H20N2O3. The Balaban J connectivity index is 1.73. The van der Waals surface area contributed by atoms with E-state index in [0.717, 1.165) is 24.2 Å². The maximum absolute atomic E-state index is 12.8. The van der Waals surface area contributed by atoms with Crippen LogP contribution in [0, 0.1) is 0 Å². The number of nitrogens with zero attached hydrogens (tertiary/aromatic N) is 1. The van der Waals surface area contributed by atoms with Gasteiger partial charge in [-0.2, -0.15) is 0 Å². The van der Waals surface area contributed by atoms with E-state index in [2.05, 4.69) is 4.90 Å². The minimum absolute atomic E-state index is 0.182. The van der Waals surface area contributed by atoms with Gasteiger partial charge in [0.2, 0.25) is 5.78 Å². The molecule has 0 aliphatic carbocycles. The summed E-state index contributed by atoms with van der Waals surface area (Å²) in [7, 11) is 1.57. The van der Waals surface area contributed by atoms with Crippen molar-refractivity contribution in [2.45, 2.75) is 12.8 Å². The van der Waals surface area contributed by atoms with Gasteiger partial charge in [0.15, 0.2) is 5.76 Å². The molecule has 0 atom stereocenters. The predicted molar refractivity (Wildman–Crippen MR) is 98.5 cm³/mol. The molecule has 0 spiro atoms. The smallest absolute Gasteiger partial charge is 0.230 e. The van der Waals surface area contributed by atoms with Crippen molar-refractivity contribution in [1.82, 2.24) is 0 Å². The molecule has 5 heteroatoms. The van der Waals surface area contributed by atoms with E-state index in [1.54, 1.807) is 31.4 Å². The normalized spacial score (nSPS) is 14.2. The maximum atomic E-state index is 12.8. The van der Waals surface area contributed by atoms with Gasteiger partial charge >= 0.3 is 0 Å². The molecule has 0 unspecified atom stereocenters. The minimum Gasteiger partial charge on any atom is -0.497 e. The van der Waals surface area contributed by atoms with E-state index in [4.69, 9.17) is 14.9 Å². The number of anilines is 2. The van der Waals surface area contributed by atoms with Crippen molar-refractivity contribution in [3.63, 3.8) is 0 Å². The summed E-state index contributed by atoms with van der Waals surface area (Å²) < 4.78 is 11.0. The molecule has 25 heavy (non-hydrogen) atoms. The van der Waals surface area contributed by atoms with Crippen LogP contribution in [0.5, 0.6) is 5.75 Å². The highest BCUT2D eigenvalue weighted by molar-refractivity contribution is 6.14. The lowest BCUT2D eigenvalue weighted by atomic mass is 10.1. The first-order valence-corrected chi connectivity index (χ1v) is 8.43. The summed E-state index contributed by atoms with van der Waals surface area (Å²) in [4.78, 5) is 15.1. The topological polar surface area (TPSA) is 68.7 Å². The van der Waals surface area contributed by atoms with E-state index in [1.165, 1.54) is 12.8 Å². The summed E-state index contributed by atoms with van der Waals surface area (Å²) in [5.41, 5.74) is 8.82. The molecule has 5 nitrogen and oxygen atoms in total. The molecule has 0 radical (unpaired) electrons. The first-order chi connectivity index (χ1) is 12.2. The fourth-order valence-corrected chi connectivity index (χ4v) is 3.34. The Morgan fingerprint density at radius 2 is 1.96 bits per heavy atom. The van der Waals surface area contributed by atoms with Gasteiger partial charge in [-0.25, -0.2) is 0 Å². The summed E-state index contributed by atoms with van der Waals surface area (Å²) in [6.45, 7) is 2.11. The number of nitrogen functional groups attached to an aromatic ring is 1. The number of ether oxygens (including phenoxy) is 1. The number of nitrogens with two attached hydrogens (primary N) is 1. The van der Waals surface area contributed by atoms with Crippen LogP contribution in [0.1, 0.15) is 29.0 Å². The molecule has 1 aliphatic rings. The van der Waals surface area contributed by atoms with Crippen molar-refractivity contribution in [2.75, 3.05) is 30.8 Å². The maximum Gasteiger partial charge on any atom is 0.230 e. The number of carbonyl (C=O) groups excluding carboxylic acids is 1.